The lowest BCUT2D eigenvalue weighted by Gasteiger charge is -2.14. The van der Waals surface area contributed by atoms with Gasteiger partial charge in [-0.2, -0.15) is 0 Å². The van der Waals surface area contributed by atoms with E-state index in [0.29, 0.717) is 6.54 Å². The van der Waals surface area contributed by atoms with Gasteiger partial charge in [0.05, 0.1) is 6.54 Å². The Morgan fingerprint density at radius 2 is 2.06 bits per heavy atom. The first-order valence-electron chi connectivity index (χ1n) is 5.39. The van der Waals surface area contributed by atoms with Crippen molar-refractivity contribution in [3.05, 3.63) is 56.5 Å². The second-order valence-corrected chi connectivity index (χ2v) is 5.30. The Bertz CT molecular complexity index is 498. The molecule has 1 aromatic heterocycles. The van der Waals surface area contributed by atoms with E-state index in [9.17, 15) is 0 Å². The SMILES string of the molecule is C[C@H](NCc1ccc(I)o1)c1ccccc1Cl. The fourth-order valence-electron chi connectivity index (χ4n) is 1.64. The van der Waals surface area contributed by atoms with E-state index in [-0.39, 0.29) is 6.04 Å². The largest absolute Gasteiger partial charge is 0.454 e. The Hall–Kier alpha value is -0.520. The van der Waals surface area contributed by atoms with Crippen LogP contribution < -0.4 is 5.32 Å². The molecule has 0 saturated heterocycles. The van der Waals surface area contributed by atoms with Gasteiger partial charge in [0.1, 0.15) is 5.76 Å². The zero-order valence-electron chi connectivity index (χ0n) is 9.41. The number of benzene rings is 1. The molecular formula is C13H13ClINO. The Morgan fingerprint density at radius 1 is 1.29 bits per heavy atom. The van der Waals surface area contributed by atoms with E-state index >= 15 is 0 Å². The minimum atomic E-state index is 0.200. The van der Waals surface area contributed by atoms with Crippen molar-refractivity contribution in [2.45, 2.75) is 19.5 Å². The van der Waals surface area contributed by atoms with E-state index in [1.165, 1.54) is 0 Å². The lowest BCUT2D eigenvalue weighted by molar-refractivity contribution is 0.445. The summed E-state index contributed by atoms with van der Waals surface area (Å²) >= 11 is 8.30. The van der Waals surface area contributed by atoms with Gasteiger partial charge in [0.2, 0.25) is 0 Å². The second kappa shape index (κ2) is 5.89. The van der Waals surface area contributed by atoms with Crippen molar-refractivity contribution in [2.24, 2.45) is 0 Å². The minimum Gasteiger partial charge on any atom is -0.454 e. The Morgan fingerprint density at radius 3 is 2.71 bits per heavy atom. The van der Waals surface area contributed by atoms with E-state index in [0.717, 1.165) is 20.1 Å². The molecule has 0 radical (unpaired) electrons. The zero-order chi connectivity index (χ0) is 12.3. The normalized spacial score (nSPS) is 12.6. The van der Waals surface area contributed by atoms with Crippen LogP contribution in [0.3, 0.4) is 0 Å². The van der Waals surface area contributed by atoms with E-state index < -0.39 is 0 Å². The van der Waals surface area contributed by atoms with Crippen molar-refractivity contribution < 1.29 is 4.42 Å². The number of hydrogen-bond acceptors (Lipinski definition) is 2. The van der Waals surface area contributed by atoms with Crippen molar-refractivity contribution >= 4 is 34.2 Å². The maximum Gasteiger partial charge on any atom is 0.164 e. The van der Waals surface area contributed by atoms with Gasteiger partial charge >= 0.3 is 0 Å². The molecule has 0 aliphatic rings. The number of nitrogens with one attached hydrogen (secondary N) is 1. The summed E-state index contributed by atoms with van der Waals surface area (Å²) in [5, 5.41) is 4.18. The van der Waals surface area contributed by atoms with Crippen LogP contribution in [0.4, 0.5) is 0 Å². The van der Waals surface area contributed by atoms with Gasteiger partial charge in [0, 0.05) is 11.1 Å². The topological polar surface area (TPSA) is 25.2 Å². The standard InChI is InChI=1S/C13H13ClINO/c1-9(11-4-2-3-5-12(11)14)16-8-10-6-7-13(15)17-10/h2-7,9,16H,8H2,1H3/t9-/m0/s1. The van der Waals surface area contributed by atoms with Crippen LogP contribution in [0.2, 0.25) is 5.02 Å². The first-order valence-corrected chi connectivity index (χ1v) is 6.84. The molecule has 0 bridgehead atoms. The van der Waals surface area contributed by atoms with Crippen molar-refractivity contribution in [1.82, 2.24) is 5.32 Å². The third-order valence-corrected chi connectivity index (χ3v) is 3.51. The maximum atomic E-state index is 6.14. The van der Waals surface area contributed by atoms with Gasteiger partial charge in [-0.15, -0.1) is 0 Å². The quantitative estimate of drug-likeness (QED) is 0.817. The lowest BCUT2D eigenvalue weighted by Crippen LogP contribution is -2.18. The van der Waals surface area contributed by atoms with Crippen molar-refractivity contribution in [2.75, 3.05) is 0 Å². The summed E-state index contributed by atoms with van der Waals surface area (Å²) in [5.74, 6) is 0.938. The molecule has 2 nitrogen and oxygen atoms in total. The summed E-state index contributed by atoms with van der Waals surface area (Å²) in [7, 11) is 0. The van der Waals surface area contributed by atoms with Crippen LogP contribution in [0.25, 0.3) is 0 Å². The van der Waals surface area contributed by atoms with Gasteiger partial charge < -0.3 is 9.73 Å². The smallest absolute Gasteiger partial charge is 0.164 e. The van der Waals surface area contributed by atoms with E-state index in [1.807, 2.05) is 36.4 Å². The van der Waals surface area contributed by atoms with Crippen LogP contribution in [0.1, 0.15) is 24.3 Å². The van der Waals surface area contributed by atoms with E-state index in [1.54, 1.807) is 0 Å². The highest BCUT2D eigenvalue weighted by Crippen LogP contribution is 2.22. The third kappa shape index (κ3) is 3.47. The summed E-state index contributed by atoms with van der Waals surface area (Å²) in [4.78, 5) is 0. The highest BCUT2D eigenvalue weighted by Gasteiger charge is 2.09. The van der Waals surface area contributed by atoms with E-state index in [4.69, 9.17) is 16.0 Å². The highest BCUT2D eigenvalue weighted by atomic mass is 127. The number of rotatable bonds is 4. The maximum absolute atomic E-state index is 6.14. The molecule has 0 amide bonds. The number of furan rings is 1. The molecule has 0 saturated carbocycles. The molecule has 1 aromatic carbocycles. The molecule has 0 spiro atoms. The molecule has 2 rings (SSSR count). The van der Waals surface area contributed by atoms with Crippen LogP contribution in [0.15, 0.2) is 40.8 Å². The number of halogens is 2. The molecule has 17 heavy (non-hydrogen) atoms. The zero-order valence-corrected chi connectivity index (χ0v) is 12.3. The second-order valence-electron chi connectivity index (χ2n) is 3.83. The van der Waals surface area contributed by atoms with Crippen molar-refractivity contribution in [1.29, 1.82) is 0 Å². The minimum absolute atomic E-state index is 0.200. The molecule has 4 heteroatoms. The van der Waals surface area contributed by atoms with Gasteiger partial charge in [-0.1, -0.05) is 29.8 Å². The monoisotopic (exact) mass is 361 g/mol. The fourth-order valence-corrected chi connectivity index (χ4v) is 2.40. The Kier molecular flexibility index (Phi) is 4.48. The van der Waals surface area contributed by atoms with Gasteiger partial charge in [0.25, 0.3) is 0 Å². The predicted molar refractivity (Wildman–Crippen MR) is 78.1 cm³/mol. The van der Waals surface area contributed by atoms with Gasteiger partial charge in [-0.05, 0) is 53.3 Å². The first kappa shape index (κ1) is 12.9. The molecular weight excluding hydrogens is 349 g/mol. The fraction of sp³-hybridized carbons (Fsp3) is 0.231. The average Bonchev–Trinajstić information content (AvgIpc) is 2.73. The predicted octanol–water partition coefficient (Wildman–Crippen LogP) is 4.39. The molecule has 0 aliphatic heterocycles. The van der Waals surface area contributed by atoms with Gasteiger partial charge in [0.15, 0.2) is 3.77 Å². The Balaban J connectivity index is 1.98. The van der Waals surface area contributed by atoms with Gasteiger partial charge in [-0.3, -0.25) is 0 Å². The summed E-state index contributed by atoms with van der Waals surface area (Å²) < 4.78 is 6.40. The molecule has 0 aliphatic carbocycles. The van der Waals surface area contributed by atoms with Crippen LogP contribution in [-0.2, 0) is 6.54 Å². The average molecular weight is 362 g/mol. The first-order chi connectivity index (χ1) is 8.16. The molecule has 1 heterocycles. The number of hydrogen-bond donors (Lipinski definition) is 1. The van der Waals surface area contributed by atoms with Gasteiger partial charge in [-0.25, -0.2) is 0 Å². The molecule has 0 unspecified atom stereocenters. The molecule has 90 valence electrons. The van der Waals surface area contributed by atoms with Crippen molar-refractivity contribution in [3.8, 4) is 0 Å². The summed E-state index contributed by atoms with van der Waals surface area (Å²) in [6, 6.07) is 12.0. The third-order valence-electron chi connectivity index (χ3n) is 2.58. The molecule has 0 fully saturated rings. The summed E-state index contributed by atoms with van der Waals surface area (Å²) in [6.07, 6.45) is 0. The van der Waals surface area contributed by atoms with Crippen LogP contribution in [0, 0.1) is 3.77 Å². The summed E-state index contributed by atoms with van der Waals surface area (Å²) in [6.45, 7) is 2.80. The summed E-state index contributed by atoms with van der Waals surface area (Å²) in [5.41, 5.74) is 1.11. The van der Waals surface area contributed by atoms with Crippen LogP contribution in [-0.4, -0.2) is 0 Å². The molecule has 1 N–H and O–H groups in total. The van der Waals surface area contributed by atoms with Crippen molar-refractivity contribution in [3.63, 3.8) is 0 Å². The Labute approximate surface area is 119 Å². The van der Waals surface area contributed by atoms with Crippen LogP contribution in [0.5, 0.6) is 0 Å². The highest BCUT2D eigenvalue weighted by molar-refractivity contribution is 14.1. The molecule has 1 atom stereocenters. The lowest BCUT2D eigenvalue weighted by atomic mass is 10.1. The molecule has 2 aromatic rings. The van der Waals surface area contributed by atoms with Crippen LogP contribution >= 0.6 is 34.2 Å². The van der Waals surface area contributed by atoms with E-state index in [2.05, 4.69) is 34.8 Å².